The molecule has 7 nitrogen and oxygen atoms in total. The number of methoxy groups -OCH3 is 1. The lowest BCUT2D eigenvalue weighted by Gasteiger charge is -2.22. The van der Waals surface area contributed by atoms with E-state index in [4.69, 9.17) is 24.3 Å². The number of esters is 1. The van der Waals surface area contributed by atoms with Gasteiger partial charge in [-0.1, -0.05) is 23.5 Å². The number of aryl methyl sites for hydroxylation is 1. The molecule has 1 aliphatic carbocycles. The van der Waals surface area contributed by atoms with E-state index in [1.54, 1.807) is 30.1 Å². The first kappa shape index (κ1) is 21.5. The Hall–Kier alpha value is -3.39. The van der Waals surface area contributed by atoms with E-state index >= 15 is 0 Å². The molecule has 0 fully saturated rings. The van der Waals surface area contributed by atoms with Crippen LogP contribution in [0.2, 0.25) is 0 Å². The van der Waals surface area contributed by atoms with Crippen LogP contribution in [-0.2, 0) is 17.6 Å². The molecule has 33 heavy (non-hydrogen) atoms. The van der Waals surface area contributed by atoms with Crippen molar-refractivity contribution >= 4 is 27.5 Å². The summed E-state index contributed by atoms with van der Waals surface area (Å²) in [5.41, 5.74) is 5.06. The zero-order valence-electron chi connectivity index (χ0n) is 19.0. The number of nitrogens with zero attached hydrogens (tertiary/aromatic N) is 3. The molecule has 0 amide bonds. The van der Waals surface area contributed by atoms with Gasteiger partial charge in [0.1, 0.15) is 0 Å². The zero-order valence-corrected chi connectivity index (χ0v) is 19.9. The van der Waals surface area contributed by atoms with Gasteiger partial charge in [0.05, 0.1) is 35.7 Å². The fourth-order valence-corrected chi connectivity index (χ4v) is 5.14. The summed E-state index contributed by atoms with van der Waals surface area (Å²) < 4.78 is 19.8. The molecule has 2 aromatic carbocycles. The summed E-state index contributed by atoms with van der Waals surface area (Å²) in [5, 5.41) is 5.43. The molecule has 4 aromatic rings. The Morgan fingerprint density at radius 2 is 2.00 bits per heavy atom. The van der Waals surface area contributed by atoms with E-state index in [0.29, 0.717) is 35.4 Å². The third kappa shape index (κ3) is 3.74. The Kier molecular flexibility index (Phi) is 5.54. The summed E-state index contributed by atoms with van der Waals surface area (Å²) >= 11 is 1.54. The standard InChI is InChI=1S/C25H25N3O4S/c1-5-31-24(29)22-16-11-10-15-12-19(30-4)20(32-14(2)3)13-17(15)23(16)28(27-22)25-26-18-8-6-7-9-21(18)33-25/h6-9,12-14H,5,10-11H2,1-4H3. The maximum Gasteiger partial charge on any atom is 0.359 e. The number of hydrogen-bond acceptors (Lipinski definition) is 7. The Bertz CT molecular complexity index is 1320. The molecular weight excluding hydrogens is 438 g/mol. The minimum absolute atomic E-state index is 0.00993. The second kappa shape index (κ2) is 8.51. The van der Waals surface area contributed by atoms with Gasteiger partial charge in [0.25, 0.3) is 0 Å². The van der Waals surface area contributed by atoms with E-state index in [1.807, 2.05) is 50.2 Å². The number of aromatic nitrogens is 3. The quantitative estimate of drug-likeness (QED) is 0.365. The first-order valence-electron chi connectivity index (χ1n) is 11.0. The van der Waals surface area contributed by atoms with Crippen LogP contribution in [0.15, 0.2) is 36.4 Å². The first-order valence-corrected chi connectivity index (χ1v) is 11.8. The van der Waals surface area contributed by atoms with E-state index in [-0.39, 0.29) is 6.10 Å². The molecular formula is C25H25N3O4S. The fraction of sp³-hybridized carbons (Fsp3) is 0.320. The largest absolute Gasteiger partial charge is 0.493 e. The summed E-state index contributed by atoms with van der Waals surface area (Å²) in [6, 6.07) is 12.0. The van der Waals surface area contributed by atoms with Gasteiger partial charge in [-0.15, -0.1) is 0 Å². The molecule has 0 spiro atoms. The van der Waals surface area contributed by atoms with Gasteiger partial charge < -0.3 is 14.2 Å². The lowest BCUT2D eigenvalue weighted by molar-refractivity contribution is 0.0517. The van der Waals surface area contributed by atoms with Crippen molar-refractivity contribution < 1.29 is 19.0 Å². The predicted octanol–water partition coefficient (Wildman–Crippen LogP) is 5.22. The number of hydrogen-bond donors (Lipinski definition) is 0. The number of ether oxygens (including phenoxy) is 3. The van der Waals surface area contributed by atoms with Crippen LogP contribution < -0.4 is 9.47 Å². The van der Waals surface area contributed by atoms with Crippen molar-refractivity contribution in [2.45, 2.75) is 39.7 Å². The number of carbonyl (C=O) groups is 1. The van der Waals surface area contributed by atoms with Crippen molar-refractivity contribution in [3.05, 3.63) is 53.2 Å². The molecule has 0 radical (unpaired) electrons. The van der Waals surface area contributed by atoms with E-state index in [9.17, 15) is 4.79 Å². The molecule has 0 aliphatic heterocycles. The molecule has 0 saturated carbocycles. The van der Waals surface area contributed by atoms with Gasteiger partial charge in [-0.25, -0.2) is 14.5 Å². The normalized spacial score (nSPS) is 12.5. The lowest BCUT2D eigenvalue weighted by Crippen LogP contribution is -2.12. The zero-order chi connectivity index (χ0) is 23.1. The van der Waals surface area contributed by atoms with Crippen LogP contribution in [-0.4, -0.2) is 40.6 Å². The van der Waals surface area contributed by atoms with Crippen molar-refractivity contribution in [1.29, 1.82) is 0 Å². The van der Waals surface area contributed by atoms with Gasteiger partial charge >= 0.3 is 5.97 Å². The van der Waals surface area contributed by atoms with Gasteiger partial charge in [-0.2, -0.15) is 5.10 Å². The van der Waals surface area contributed by atoms with Crippen molar-refractivity contribution in [1.82, 2.24) is 14.8 Å². The van der Waals surface area contributed by atoms with Crippen molar-refractivity contribution in [2.75, 3.05) is 13.7 Å². The van der Waals surface area contributed by atoms with E-state index in [2.05, 4.69) is 0 Å². The summed E-state index contributed by atoms with van der Waals surface area (Å²) in [7, 11) is 1.65. The van der Waals surface area contributed by atoms with Crippen molar-refractivity contribution in [3.63, 3.8) is 0 Å². The lowest BCUT2D eigenvalue weighted by atomic mass is 9.88. The number of rotatable bonds is 6. The molecule has 5 rings (SSSR count). The third-order valence-corrected chi connectivity index (χ3v) is 6.58. The van der Waals surface area contributed by atoms with Gasteiger partial charge in [-0.05, 0) is 63.4 Å². The molecule has 8 heteroatoms. The second-order valence-corrected chi connectivity index (χ2v) is 9.11. The molecule has 2 aromatic heterocycles. The van der Waals surface area contributed by atoms with E-state index < -0.39 is 5.97 Å². The number of thiazole rings is 1. The van der Waals surface area contributed by atoms with Gasteiger partial charge in [0.15, 0.2) is 17.2 Å². The molecule has 170 valence electrons. The molecule has 0 bridgehead atoms. The summed E-state index contributed by atoms with van der Waals surface area (Å²) in [6.45, 7) is 6.05. The Balaban J connectivity index is 1.75. The SMILES string of the molecule is CCOC(=O)c1nn(-c2nc3ccccc3s2)c2c1CCc1cc(OC)c(OC(C)C)cc1-2. The number of para-hydroxylation sites is 1. The average molecular weight is 464 g/mol. The van der Waals surface area contributed by atoms with Crippen LogP contribution >= 0.6 is 11.3 Å². The molecule has 2 heterocycles. The van der Waals surface area contributed by atoms with Crippen LogP contribution in [0, 0.1) is 0 Å². The third-order valence-electron chi connectivity index (χ3n) is 5.57. The number of carbonyl (C=O) groups excluding carboxylic acids is 1. The highest BCUT2D eigenvalue weighted by Gasteiger charge is 2.31. The Labute approximate surface area is 195 Å². The van der Waals surface area contributed by atoms with Crippen LogP contribution in [0.5, 0.6) is 11.5 Å². The average Bonchev–Trinajstić information content (AvgIpc) is 3.40. The van der Waals surface area contributed by atoms with Crippen molar-refractivity contribution in [2.24, 2.45) is 0 Å². The van der Waals surface area contributed by atoms with E-state index in [0.717, 1.165) is 39.0 Å². The maximum atomic E-state index is 12.8. The Morgan fingerprint density at radius 1 is 1.18 bits per heavy atom. The number of benzene rings is 2. The molecule has 0 unspecified atom stereocenters. The topological polar surface area (TPSA) is 75.5 Å². The summed E-state index contributed by atoms with van der Waals surface area (Å²) in [5.74, 6) is 0.945. The highest BCUT2D eigenvalue weighted by molar-refractivity contribution is 7.20. The molecule has 0 N–H and O–H groups in total. The van der Waals surface area contributed by atoms with Gasteiger partial charge in [-0.3, -0.25) is 0 Å². The monoisotopic (exact) mass is 463 g/mol. The predicted molar refractivity (Wildman–Crippen MR) is 128 cm³/mol. The Morgan fingerprint density at radius 3 is 2.73 bits per heavy atom. The van der Waals surface area contributed by atoms with Crippen LogP contribution in [0.4, 0.5) is 0 Å². The molecule has 1 aliphatic rings. The van der Waals surface area contributed by atoms with Gasteiger partial charge in [0.2, 0.25) is 5.13 Å². The molecule has 0 saturated heterocycles. The van der Waals surface area contributed by atoms with Crippen LogP contribution in [0.3, 0.4) is 0 Å². The maximum absolute atomic E-state index is 12.8. The summed E-state index contributed by atoms with van der Waals surface area (Å²) in [4.78, 5) is 17.6. The second-order valence-electron chi connectivity index (χ2n) is 8.10. The van der Waals surface area contributed by atoms with Crippen LogP contribution in [0.25, 0.3) is 26.6 Å². The highest BCUT2D eigenvalue weighted by Crippen LogP contribution is 2.43. The van der Waals surface area contributed by atoms with Crippen LogP contribution in [0.1, 0.15) is 42.4 Å². The fourth-order valence-electron chi connectivity index (χ4n) is 4.21. The minimum Gasteiger partial charge on any atom is -0.493 e. The minimum atomic E-state index is -0.413. The van der Waals surface area contributed by atoms with Gasteiger partial charge in [0, 0.05) is 11.1 Å². The first-order chi connectivity index (χ1) is 16.0. The van der Waals surface area contributed by atoms with E-state index in [1.165, 1.54) is 0 Å². The smallest absolute Gasteiger partial charge is 0.359 e. The molecule has 0 atom stereocenters. The highest BCUT2D eigenvalue weighted by atomic mass is 32.1. The van der Waals surface area contributed by atoms with Crippen molar-refractivity contribution in [3.8, 4) is 27.9 Å². The number of fused-ring (bicyclic) bond motifs is 4. The summed E-state index contributed by atoms with van der Waals surface area (Å²) in [6.07, 6.45) is 1.43.